The van der Waals surface area contributed by atoms with Gasteiger partial charge in [-0.25, -0.2) is 0 Å². The highest BCUT2D eigenvalue weighted by Crippen LogP contribution is 2.23. The number of aromatic nitrogens is 3. The van der Waals surface area contributed by atoms with E-state index in [0.717, 1.165) is 32.1 Å². The number of aliphatic hydroxyl groups is 1. The Bertz CT molecular complexity index is 1120. The monoisotopic (exact) mass is 436 g/mol. The SMILES string of the molecule is O=C(NCC(O)c1ccc(Br)cc1)c1cc(-c2ccc3[nH]ncc3c2)ccn1. The molecule has 0 spiro atoms. The van der Waals surface area contributed by atoms with Gasteiger partial charge in [-0.2, -0.15) is 5.10 Å². The summed E-state index contributed by atoms with van der Waals surface area (Å²) in [6.45, 7) is 0.105. The molecule has 2 aromatic heterocycles. The van der Waals surface area contributed by atoms with Gasteiger partial charge in [0.25, 0.3) is 5.91 Å². The van der Waals surface area contributed by atoms with Crippen LogP contribution in [0.2, 0.25) is 0 Å². The van der Waals surface area contributed by atoms with Crippen molar-refractivity contribution in [3.8, 4) is 11.1 Å². The summed E-state index contributed by atoms with van der Waals surface area (Å²) in [5.41, 5.74) is 3.85. The third-order valence-corrected chi connectivity index (χ3v) is 5.01. The summed E-state index contributed by atoms with van der Waals surface area (Å²) in [4.78, 5) is 16.6. The number of aliphatic hydroxyl groups excluding tert-OH is 1. The van der Waals surface area contributed by atoms with Crippen molar-refractivity contribution in [2.24, 2.45) is 0 Å². The van der Waals surface area contributed by atoms with E-state index in [1.807, 2.05) is 48.5 Å². The molecule has 28 heavy (non-hydrogen) atoms. The number of hydrogen-bond donors (Lipinski definition) is 3. The molecule has 0 saturated heterocycles. The summed E-state index contributed by atoms with van der Waals surface area (Å²) in [5.74, 6) is -0.331. The Kier molecular flexibility index (Phi) is 5.18. The number of pyridine rings is 1. The predicted molar refractivity (Wildman–Crippen MR) is 111 cm³/mol. The van der Waals surface area contributed by atoms with Crippen molar-refractivity contribution in [3.05, 3.63) is 82.7 Å². The van der Waals surface area contributed by atoms with Gasteiger partial charge in [-0.05, 0) is 53.1 Å². The maximum Gasteiger partial charge on any atom is 0.269 e. The van der Waals surface area contributed by atoms with Crippen LogP contribution in [0.1, 0.15) is 22.2 Å². The first kappa shape index (κ1) is 18.3. The molecule has 3 N–H and O–H groups in total. The second-order valence-electron chi connectivity index (χ2n) is 6.38. The molecule has 1 unspecified atom stereocenters. The van der Waals surface area contributed by atoms with E-state index in [1.54, 1.807) is 18.5 Å². The lowest BCUT2D eigenvalue weighted by molar-refractivity contribution is 0.0911. The predicted octanol–water partition coefficient (Wildman–Crippen LogP) is 3.85. The van der Waals surface area contributed by atoms with Crippen molar-refractivity contribution in [3.63, 3.8) is 0 Å². The lowest BCUT2D eigenvalue weighted by Gasteiger charge is -2.12. The molecule has 4 aromatic rings. The van der Waals surface area contributed by atoms with E-state index >= 15 is 0 Å². The number of halogens is 1. The summed E-state index contributed by atoms with van der Waals surface area (Å²) in [5, 5.41) is 20.9. The van der Waals surface area contributed by atoms with Crippen LogP contribution in [-0.4, -0.2) is 32.7 Å². The van der Waals surface area contributed by atoms with Crippen molar-refractivity contribution < 1.29 is 9.90 Å². The van der Waals surface area contributed by atoms with E-state index in [0.29, 0.717) is 5.69 Å². The highest BCUT2D eigenvalue weighted by atomic mass is 79.9. The Balaban J connectivity index is 1.47. The van der Waals surface area contributed by atoms with Gasteiger partial charge in [0.2, 0.25) is 0 Å². The maximum atomic E-state index is 12.5. The van der Waals surface area contributed by atoms with E-state index in [9.17, 15) is 9.90 Å². The number of hydrogen-bond acceptors (Lipinski definition) is 4. The Labute approximate surface area is 169 Å². The first-order valence-corrected chi connectivity index (χ1v) is 9.51. The van der Waals surface area contributed by atoms with Gasteiger partial charge >= 0.3 is 0 Å². The van der Waals surface area contributed by atoms with Gasteiger partial charge in [-0.15, -0.1) is 0 Å². The number of carbonyl (C=O) groups excluding carboxylic acids is 1. The summed E-state index contributed by atoms with van der Waals surface area (Å²) in [6.07, 6.45) is 2.58. The second-order valence-corrected chi connectivity index (χ2v) is 7.29. The van der Waals surface area contributed by atoms with Crippen molar-refractivity contribution in [1.29, 1.82) is 0 Å². The van der Waals surface area contributed by atoms with Crippen LogP contribution in [0, 0.1) is 0 Å². The molecule has 0 saturated carbocycles. The van der Waals surface area contributed by atoms with E-state index in [-0.39, 0.29) is 12.5 Å². The quantitative estimate of drug-likeness (QED) is 0.443. The zero-order valence-corrected chi connectivity index (χ0v) is 16.3. The summed E-state index contributed by atoms with van der Waals surface area (Å²) in [7, 11) is 0. The molecule has 7 heteroatoms. The average molecular weight is 437 g/mol. The van der Waals surface area contributed by atoms with Gasteiger partial charge in [-0.3, -0.25) is 14.9 Å². The summed E-state index contributed by atoms with van der Waals surface area (Å²) >= 11 is 3.36. The molecule has 0 radical (unpaired) electrons. The Hall–Kier alpha value is -3.03. The van der Waals surface area contributed by atoms with E-state index in [2.05, 4.69) is 36.4 Å². The molecular formula is C21H17BrN4O2. The molecule has 1 atom stereocenters. The van der Waals surface area contributed by atoms with E-state index < -0.39 is 6.10 Å². The molecular weight excluding hydrogens is 420 g/mol. The second kappa shape index (κ2) is 7.92. The van der Waals surface area contributed by atoms with Crippen LogP contribution in [0.25, 0.3) is 22.0 Å². The van der Waals surface area contributed by atoms with Gasteiger partial charge in [0.05, 0.1) is 17.8 Å². The van der Waals surface area contributed by atoms with Crippen molar-refractivity contribution in [2.45, 2.75) is 6.10 Å². The molecule has 0 fully saturated rings. The minimum atomic E-state index is -0.788. The van der Waals surface area contributed by atoms with E-state index in [4.69, 9.17) is 0 Å². The highest BCUT2D eigenvalue weighted by Gasteiger charge is 2.13. The van der Waals surface area contributed by atoms with Crippen LogP contribution < -0.4 is 5.32 Å². The fourth-order valence-electron chi connectivity index (χ4n) is 2.94. The fourth-order valence-corrected chi connectivity index (χ4v) is 3.20. The lowest BCUT2D eigenvalue weighted by atomic mass is 10.0. The minimum absolute atomic E-state index is 0.105. The van der Waals surface area contributed by atoms with Crippen molar-refractivity contribution in [2.75, 3.05) is 6.54 Å². The molecule has 1 amide bonds. The molecule has 0 bridgehead atoms. The van der Waals surface area contributed by atoms with E-state index in [1.165, 1.54) is 0 Å². The van der Waals surface area contributed by atoms with Crippen molar-refractivity contribution in [1.82, 2.24) is 20.5 Å². The third kappa shape index (κ3) is 3.95. The molecule has 0 aliphatic heterocycles. The molecule has 0 aliphatic rings. The number of amides is 1. The topological polar surface area (TPSA) is 90.9 Å². The van der Waals surface area contributed by atoms with Crippen LogP contribution >= 0.6 is 15.9 Å². The first-order chi connectivity index (χ1) is 13.6. The van der Waals surface area contributed by atoms with Gasteiger partial charge in [0.15, 0.2) is 0 Å². The van der Waals surface area contributed by atoms with Gasteiger partial charge in [0.1, 0.15) is 5.69 Å². The molecule has 140 valence electrons. The standard InChI is InChI=1S/C21H17BrN4O2/c22-17-4-1-13(2-5-17)20(27)12-24-21(28)19-10-15(7-8-23-19)14-3-6-18-16(9-14)11-25-26-18/h1-11,20,27H,12H2,(H,24,28)(H,25,26). The third-order valence-electron chi connectivity index (χ3n) is 4.48. The number of benzene rings is 2. The zero-order valence-electron chi connectivity index (χ0n) is 14.8. The van der Waals surface area contributed by atoms with Gasteiger partial charge < -0.3 is 10.4 Å². The molecule has 2 heterocycles. The smallest absolute Gasteiger partial charge is 0.269 e. The molecule has 4 rings (SSSR count). The maximum absolute atomic E-state index is 12.5. The molecule has 2 aromatic carbocycles. The minimum Gasteiger partial charge on any atom is -0.387 e. The van der Waals surface area contributed by atoms with Crippen LogP contribution in [0.5, 0.6) is 0 Å². The number of fused-ring (bicyclic) bond motifs is 1. The van der Waals surface area contributed by atoms with Gasteiger partial charge in [-0.1, -0.05) is 34.1 Å². The summed E-state index contributed by atoms with van der Waals surface area (Å²) < 4.78 is 0.933. The lowest BCUT2D eigenvalue weighted by Crippen LogP contribution is -2.29. The highest BCUT2D eigenvalue weighted by molar-refractivity contribution is 9.10. The Morgan fingerprint density at radius 3 is 2.71 bits per heavy atom. The number of carbonyl (C=O) groups is 1. The van der Waals surface area contributed by atoms with Crippen LogP contribution in [-0.2, 0) is 0 Å². The Morgan fingerprint density at radius 1 is 1.11 bits per heavy atom. The normalized spacial score (nSPS) is 12.1. The molecule has 6 nitrogen and oxygen atoms in total. The summed E-state index contributed by atoms with van der Waals surface area (Å²) in [6, 6.07) is 16.8. The number of nitrogens with zero attached hydrogens (tertiary/aromatic N) is 2. The number of nitrogens with one attached hydrogen (secondary N) is 2. The first-order valence-electron chi connectivity index (χ1n) is 8.71. The number of rotatable bonds is 5. The average Bonchev–Trinajstić information content (AvgIpc) is 3.20. The number of H-pyrrole nitrogens is 1. The van der Waals surface area contributed by atoms with Crippen LogP contribution in [0.4, 0.5) is 0 Å². The van der Waals surface area contributed by atoms with Crippen LogP contribution in [0.3, 0.4) is 0 Å². The van der Waals surface area contributed by atoms with Crippen LogP contribution in [0.15, 0.2) is 71.5 Å². The van der Waals surface area contributed by atoms with Gasteiger partial charge in [0, 0.05) is 22.6 Å². The Morgan fingerprint density at radius 2 is 1.89 bits per heavy atom. The molecule has 0 aliphatic carbocycles. The zero-order chi connectivity index (χ0) is 19.5. The number of aromatic amines is 1. The fraction of sp³-hybridized carbons (Fsp3) is 0.0952. The van der Waals surface area contributed by atoms with Crippen molar-refractivity contribution >= 4 is 32.7 Å². The largest absolute Gasteiger partial charge is 0.387 e.